The van der Waals surface area contributed by atoms with Gasteiger partial charge in [0.1, 0.15) is 30.1 Å². The number of rotatable bonds is 3. The minimum Gasteiger partial charge on any atom is -0.394 e. The smallest absolute Gasteiger partial charge is 0.276 e. The Balaban J connectivity index is 1.84. The highest BCUT2D eigenvalue weighted by Gasteiger charge is 2.46. The number of nitrogens with one attached hydrogen (secondary N) is 1. The van der Waals surface area contributed by atoms with Gasteiger partial charge in [0.15, 0.2) is 5.69 Å². The molecule has 1 amide bonds. The summed E-state index contributed by atoms with van der Waals surface area (Å²) in [6.45, 7) is 0.907. The standard InChI is InChI=1S/C12H18N4O5/c17-5-6-9(18)10(19)11(21-6)7-8(14-15-13-7)12(20)16-3-1-2-4-16/h6,9-11,17-19H,1-5H2,(H,13,14,15)/t6-,9-,10-,11+/m1/s1. The summed E-state index contributed by atoms with van der Waals surface area (Å²) in [7, 11) is 0. The van der Waals surface area contributed by atoms with Gasteiger partial charge in [-0.3, -0.25) is 4.79 Å². The first-order chi connectivity index (χ1) is 10.1. The lowest BCUT2D eigenvalue weighted by Crippen LogP contribution is -2.33. The van der Waals surface area contributed by atoms with Crippen LogP contribution in [0.15, 0.2) is 0 Å². The number of amides is 1. The van der Waals surface area contributed by atoms with E-state index in [9.17, 15) is 15.0 Å². The van der Waals surface area contributed by atoms with E-state index in [-0.39, 0.29) is 17.3 Å². The molecule has 0 saturated carbocycles. The van der Waals surface area contributed by atoms with Crippen molar-refractivity contribution in [2.24, 2.45) is 0 Å². The van der Waals surface area contributed by atoms with Gasteiger partial charge in [0.25, 0.3) is 5.91 Å². The van der Waals surface area contributed by atoms with E-state index < -0.39 is 31.0 Å². The molecule has 4 atom stereocenters. The molecule has 9 heteroatoms. The van der Waals surface area contributed by atoms with E-state index in [1.807, 2.05) is 0 Å². The second kappa shape index (κ2) is 5.68. The fourth-order valence-electron chi connectivity index (χ4n) is 2.79. The van der Waals surface area contributed by atoms with E-state index >= 15 is 0 Å². The largest absolute Gasteiger partial charge is 0.394 e. The van der Waals surface area contributed by atoms with Gasteiger partial charge < -0.3 is 25.0 Å². The number of hydrogen-bond acceptors (Lipinski definition) is 7. The number of aliphatic hydroxyl groups excluding tert-OH is 3. The molecular formula is C12H18N4O5. The van der Waals surface area contributed by atoms with Crippen LogP contribution in [0.2, 0.25) is 0 Å². The zero-order valence-corrected chi connectivity index (χ0v) is 11.3. The quantitative estimate of drug-likeness (QED) is 0.517. The number of likely N-dealkylation sites (tertiary alicyclic amines) is 1. The Morgan fingerprint density at radius 2 is 2.00 bits per heavy atom. The lowest BCUT2D eigenvalue weighted by Gasteiger charge is -2.16. The van der Waals surface area contributed by atoms with Crippen molar-refractivity contribution in [1.82, 2.24) is 20.3 Å². The summed E-state index contributed by atoms with van der Waals surface area (Å²) in [6.07, 6.45) is -2.49. The third-order valence-electron chi connectivity index (χ3n) is 3.98. The molecular weight excluding hydrogens is 280 g/mol. The normalized spacial score (nSPS) is 32.8. The molecule has 2 aliphatic rings. The number of aliphatic hydroxyl groups is 3. The topological polar surface area (TPSA) is 132 Å². The van der Waals surface area contributed by atoms with E-state index in [0.29, 0.717) is 13.1 Å². The fourth-order valence-corrected chi connectivity index (χ4v) is 2.79. The van der Waals surface area contributed by atoms with Gasteiger partial charge in [-0.05, 0) is 12.8 Å². The number of carbonyl (C=O) groups is 1. The Hall–Kier alpha value is -1.55. The maximum atomic E-state index is 12.4. The summed E-state index contributed by atoms with van der Waals surface area (Å²) < 4.78 is 5.39. The molecule has 0 spiro atoms. The lowest BCUT2D eigenvalue weighted by atomic mass is 10.0. The predicted molar refractivity (Wildman–Crippen MR) is 68.2 cm³/mol. The molecule has 21 heavy (non-hydrogen) atoms. The summed E-state index contributed by atoms with van der Waals surface area (Å²) in [6, 6.07) is 0. The minimum atomic E-state index is -1.27. The van der Waals surface area contributed by atoms with Crippen molar-refractivity contribution in [2.75, 3.05) is 19.7 Å². The summed E-state index contributed by atoms with van der Waals surface area (Å²) in [4.78, 5) is 14.0. The van der Waals surface area contributed by atoms with Crippen molar-refractivity contribution < 1.29 is 24.9 Å². The molecule has 1 aromatic heterocycles. The summed E-state index contributed by atoms with van der Waals surface area (Å²) in [5, 5.41) is 39.0. The molecule has 2 fully saturated rings. The Bertz CT molecular complexity index is 516. The maximum absolute atomic E-state index is 12.4. The Labute approximate surface area is 120 Å². The van der Waals surface area contributed by atoms with Crippen LogP contribution in [0.1, 0.15) is 35.1 Å². The highest BCUT2D eigenvalue weighted by Crippen LogP contribution is 2.33. The third-order valence-corrected chi connectivity index (χ3v) is 3.98. The van der Waals surface area contributed by atoms with Crippen molar-refractivity contribution in [3.05, 3.63) is 11.4 Å². The minimum absolute atomic E-state index is 0.0896. The molecule has 0 unspecified atom stereocenters. The lowest BCUT2D eigenvalue weighted by molar-refractivity contribution is -0.0242. The molecule has 9 nitrogen and oxygen atoms in total. The zero-order chi connectivity index (χ0) is 15.0. The van der Waals surface area contributed by atoms with Crippen LogP contribution in [0.4, 0.5) is 0 Å². The van der Waals surface area contributed by atoms with Crippen molar-refractivity contribution >= 4 is 5.91 Å². The SMILES string of the molecule is O=C(c1n[nH]nc1[C@@H]1O[C@H](CO)[C@@H](O)[C@H]1O)N1CCCC1. The number of ether oxygens (including phenoxy) is 1. The third kappa shape index (κ3) is 2.42. The van der Waals surface area contributed by atoms with Crippen molar-refractivity contribution in [1.29, 1.82) is 0 Å². The fraction of sp³-hybridized carbons (Fsp3) is 0.750. The van der Waals surface area contributed by atoms with Crippen LogP contribution in [0.3, 0.4) is 0 Å². The van der Waals surface area contributed by atoms with Gasteiger partial charge in [-0.15, -0.1) is 0 Å². The Morgan fingerprint density at radius 3 is 2.62 bits per heavy atom. The molecule has 0 bridgehead atoms. The number of H-pyrrole nitrogens is 1. The van der Waals surface area contributed by atoms with Gasteiger partial charge in [0.2, 0.25) is 0 Å². The second-order valence-corrected chi connectivity index (χ2v) is 5.32. The van der Waals surface area contributed by atoms with Crippen molar-refractivity contribution in [3.8, 4) is 0 Å². The molecule has 116 valence electrons. The Kier molecular flexibility index (Phi) is 3.89. The molecule has 0 radical (unpaired) electrons. The Morgan fingerprint density at radius 1 is 1.29 bits per heavy atom. The molecule has 4 N–H and O–H groups in total. The van der Waals surface area contributed by atoms with Gasteiger partial charge >= 0.3 is 0 Å². The van der Waals surface area contributed by atoms with E-state index in [1.54, 1.807) is 4.90 Å². The average Bonchev–Trinajstić information content (AvgIpc) is 3.21. The molecule has 0 aromatic carbocycles. The maximum Gasteiger partial charge on any atom is 0.276 e. The summed E-state index contributed by atoms with van der Waals surface area (Å²) in [5.74, 6) is -0.269. The van der Waals surface area contributed by atoms with E-state index in [1.165, 1.54) is 0 Å². The molecule has 2 saturated heterocycles. The zero-order valence-electron chi connectivity index (χ0n) is 11.3. The van der Waals surface area contributed by atoms with Gasteiger partial charge in [-0.25, -0.2) is 0 Å². The van der Waals surface area contributed by atoms with Crippen LogP contribution < -0.4 is 0 Å². The summed E-state index contributed by atoms with van der Waals surface area (Å²) >= 11 is 0. The number of carbonyl (C=O) groups excluding carboxylic acids is 1. The number of nitrogens with zero attached hydrogens (tertiary/aromatic N) is 3. The van der Waals surface area contributed by atoms with Gasteiger partial charge in [-0.2, -0.15) is 15.4 Å². The van der Waals surface area contributed by atoms with Gasteiger partial charge in [0.05, 0.1) is 6.61 Å². The van der Waals surface area contributed by atoms with Crippen LogP contribution in [-0.4, -0.2) is 79.5 Å². The highest BCUT2D eigenvalue weighted by atomic mass is 16.6. The first-order valence-electron chi connectivity index (χ1n) is 6.96. The van der Waals surface area contributed by atoms with E-state index in [2.05, 4.69) is 15.4 Å². The van der Waals surface area contributed by atoms with Gasteiger partial charge in [0, 0.05) is 13.1 Å². The van der Waals surface area contributed by atoms with Gasteiger partial charge in [-0.1, -0.05) is 0 Å². The van der Waals surface area contributed by atoms with E-state index in [0.717, 1.165) is 12.8 Å². The predicted octanol–water partition coefficient (Wildman–Crippen LogP) is -1.81. The number of aromatic amines is 1. The van der Waals surface area contributed by atoms with Crippen LogP contribution in [0.5, 0.6) is 0 Å². The first kappa shape index (κ1) is 14.4. The van der Waals surface area contributed by atoms with Crippen molar-refractivity contribution in [2.45, 2.75) is 37.3 Å². The van der Waals surface area contributed by atoms with Crippen molar-refractivity contribution in [3.63, 3.8) is 0 Å². The monoisotopic (exact) mass is 298 g/mol. The van der Waals surface area contributed by atoms with Crippen LogP contribution in [0, 0.1) is 0 Å². The molecule has 1 aromatic rings. The highest BCUT2D eigenvalue weighted by molar-refractivity contribution is 5.93. The molecule has 3 heterocycles. The van der Waals surface area contributed by atoms with E-state index in [4.69, 9.17) is 9.84 Å². The summed E-state index contributed by atoms with van der Waals surface area (Å²) in [5.41, 5.74) is 0.251. The number of aromatic nitrogens is 3. The number of hydrogen-bond donors (Lipinski definition) is 4. The molecule has 2 aliphatic heterocycles. The average molecular weight is 298 g/mol. The first-order valence-corrected chi connectivity index (χ1v) is 6.96. The van der Waals surface area contributed by atoms with Crippen LogP contribution >= 0.6 is 0 Å². The second-order valence-electron chi connectivity index (χ2n) is 5.32. The van der Waals surface area contributed by atoms with Crippen LogP contribution in [0.25, 0.3) is 0 Å². The van der Waals surface area contributed by atoms with Crippen LogP contribution in [-0.2, 0) is 4.74 Å². The molecule has 3 rings (SSSR count). The molecule has 0 aliphatic carbocycles.